The monoisotopic (exact) mass is 304 g/mol. The van der Waals surface area contributed by atoms with Crippen molar-refractivity contribution < 1.29 is 4.92 Å². The summed E-state index contributed by atoms with van der Waals surface area (Å²) in [6.07, 6.45) is 0.903. The van der Waals surface area contributed by atoms with Crippen LogP contribution in [-0.2, 0) is 6.42 Å². The first-order valence-electron chi connectivity index (χ1n) is 6.78. The standard InChI is InChI=1S/C14H16N4O2S/c1-9-10-6-8-21-12(10)5-7-17(9)14-11(18(19)20)3-4-13(15-2)16-14/h3-4,6,8-9H,5,7H2,1-2H3,(H,15,16). The van der Waals surface area contributed by atoms with Gasteiger partial charge >= 0.3 is 5.69 Å². The number of fused-ring (bicyclic) bond motifs is 1. The van der Waals surface area contributed by atoms with Gasteiger partial charge in [-0.1, -0.05) is 0 Å². The van der Waals surface area contributed by atoms with Crippen molar-refractivity contribution in [2.45, 2.75) is 19.4 Å². The topological polar surface area (TPSA) is 71.3 Å². The van der Waals surface area contributed by atoms with E-state index in [2.05, 4.69) is 28.7 Å². The minimum atomic E-state index is -0.363. The molecule has 0 aliphatic carbocycles. The number of hydrogen-bond acceptors (Lipinski definition) is 6. The van der Waals surface area contributed by atoms with Crippen LogP contribution in [0.4, 0.5) is 17.3 Å². The number of thiophene rings is 1. The molecule has 2 aromatic heterocycles. The van der Waals surface area contributed by atoms with Gasteiger partial charge in [-0.25, -0.2) is 4.98 Å². The molecule has 6 nitrogen and oxygen atoms in total. The summed E-state index contributed by atoms with van der Waals surface area (Å²) >= 11 is 1.75. The van der Waals surface area contributed by atoms with Crippen molar-refractivity contribution in [2.24, 2.45) is 0 Å². The van der Waals surface area contributed by atoms with Gasteiger partial charge in [0.15, 0.2) is 0 Å². The summed E-state index contributed by atoms with van der Waals surface area (Å²) in [5.41, 5.74) is 1.30. The van der Waals surface area contributed by atoms with Crippen LogP contribution >= 0.6 is 11.3 Å². The summed E-state index contributed by atoms with van der Waals surface area (Å²) in [5, 5.41) is 16.3. The Balaban J connectivity index is 2.06. The maximum Gasteiger partial charge on any atom is 0.311 e. The van der Waals surface area contributed by atoms with Crippen molar-refractivity contribution >= 4 is 28.7 Å². The van der Waals surface area contributed by atoms with E-state index < -0.39 is 0 Å². The molecule has 0 amide bonds. The Bertz CT molecular complexity index is 685. The first-order valence-corrected chi connectivity index (χ1v) is 7.66. The number of rotatable bonds is 3. The van der Waals surface area contributed by atoms with E-state index in [4.69, 9.17) is 0 Å². The first-order chi connectivity index (χ1) is 10.1. The van der Waals surface area contributed by atoms with Gasteiger partial charge in [-0.05, 0) is 36.4 Å². The second-order valence-electron chi connectivity index (χ2n) is 4.96. The van der Waals surface area contributed by atoms with Crippen molar-refractivity contribution in [3.8, 4) is 0 Å². The average molecular weight is 304 g/mol. The van der Waals surface area contributed by atoms with Crippen LogP contribution in [0.15, 0.2) is 23.6 Å². The van der Waals surface area contributed by atoms with Crippen LogP contribution in [0.1, 0.15) is 23.4 Å². The lowest BCUT2D eigenvalue weighted by atomic mass is 10.0. The molecule has 2 aromatic rings. The normalized spacial score (nSPS) is 17.4. The maximum atomic E-state index is 11.3. The highest BCUT2D eigenvalue weighted by Crippen LogP contribution is 2.39. The lowest BCUT2D eigenvalue weighted by molar-refractivity contribution is -0.384. The molecule has 1 N–H and O–H groups in total. The van der Waals surface area contributed by atoms with Gasteiger partial charge < -0.3 is 10.2 Å². The molecule has 0 saturated carbocycles. The van der Waals surface area contributed by atoms with Crippen molar-refractivity contribution in [3.05, 3.63) is 44.1 Å². The van der Waals surface area contributed by atoms with Crippen molar-refractivity contribution in [2.75, 3.05) is 23.8 Å². The molecule has 1 atom stereocenters. The Morgan fingerprint density at radius 3 is 3.00 bits per heavy atom. The molecule has 0 fully saturated rings. The predicted octanol–water partition coefficient (Wildman–Crippen LogP) is 3.22. The van der Waals surface area contributed by atoms with E-state index in [9.17, 15) is 10.1 Å². The average Bonchev–Trinajstić information content (AvgIpc) is 2.96. The lowest BCUT2D eigenvalue weighted by Gasteiger charge is -2.34. The molecule has 0 bridgehead atoms. The maximum absolute atomic E-state index is 11.3. The third kappa shape index (κ3) is 2.33. The van der Waals surface area contributed by atoms with E-state index in [1.807, 2.05) is 4.90 Å². The summed E-state index contributed by atoms with van der Waals surface area (Å²) in [6, 6.07) is 5.35. The number of nitro groups is 1. The second kappa shape index (κ2) is 5.33. The van der Waals surface area contributed by atoms with Gasteiger partial charge in [-0.15, -0.1) is 11.3 Å². The highest BCUT2D eigenvalue weighted by molar-refractivity contribution is 7.10. The van der Waals surface area contributed by atoms with Crippen LogP contribution in [0, 0.1) is 10.1 Å². The van der Waals surface area contributed by atoms with E-state index in [0.29, 0.717) is 11.6 Å². The Labute approximate surface area is 126 Å². The summed E-state index contributed by atoms with van der Waals surface area (Å²) < 4.78 is 0. The number of pyridine rings is 1. The van der Waals surface area contributed by atoms with Gasteiger partial charge in [0.2, 0.25) is 5.82 Å². The first kappa shape index (κ1) is 13.8. The highest BCUT2D eigenvalue weighted by atomic mass is 32.1. The highest BCUT2D eigenvalue weighted by Gasteiger charge is 2.30. The third-order valence-electron chi connectivity index (χ3n) is 3.86. The third-order valence-corrected chi connectivity index (χ3v) is 4.85. The van der Waals surface area contributed by atoms with Gasteiger partial charge in [-0.3, -0.25) is 10.1 Å². The Hall–Kier alpha value is -2.15. The zero-order chi connectivity index (χ0) is 15.0. The molecular formula is C14H16N4O2S. The molecular weight excluding hydrogens is 288 g/mol. The summed E-state index contributed by atoms with van der Waals surface area (Å²) in [4.78, 5) is 18.7. The van der Waals surface area contributed by atoms with Gasteiger partial charge in [0, 0.05) is 24.5 Å². The van der Waals surface area contributed by atoms with Crippen molar-refractivity contribution in [1.29, 1.82) is 0 Å². The quantitative estimate of drug-likeness (QED) is 0.696. The van der Waals surface area contributed by atoms with Gasteiger partial charge in [0.1, 0.15) is 5.82 Å². The smallest absolute Gasteiger partial charge is 0.311 e. The minimum absolute atomic E-state index is 0.0551. The number of nitrogens with zero attached hydrogens (tertiary/aromatic N) is 3. The van der Waals surface area contributed by atoms with Crippen LogP contribution in [0.3, 0.4) is 0 Å². The largest absolute Gasteiger partial charge is 0.373 e. The molecule has 0 saturated heterocycles. The molecule has 0 radical (unpaired) electrons. The Kier molecular flexibility index (Phi) is 3.50. The molecule has 0 aromatic carbocycles. The Morgan fingerprint density at radius 1 is 1.48 bits per heavy atom. The molecule has 3 rings (SSSR count). The SMILES string of the molecule is CNc1ccc([N+](=O)[O-])c(N2CCc3sccc3C2C)n1. The molecule has 3 heterocycles. The second-order valence-corrected chi connectivity index (χ2v) is 5.97. The molecule has 1 aliphatic heterocycles. The fraction of sp³-hybridized carbons (Fsp3) is 0.357. The van der Waals surface area contributed by atoms with Crippen LogP contribution in [0.5, 0.6) is 0 Å². The van der Waals surface area contributed by atoms with Crippen LogP contribution in [0.2, 0.25) is 0 Å². The number of aromatic nitrogens is 1. The zero-order valence-corrected chi connectivity index (χ0v) is 12.7. The minimum Gasteiger partial charge on any atom is -0.373 e. The molecule has 7 heteroatoms. The summed E-state index contributed by atoms with van der Waals surface area (Å²) in [6.45, 7) is 2.82. The van der Waals surface area contributed by atoms with E-state index >= 15 is 0 Å². The molecule has 1 unspecified atom stereocenters. The summed E-state index contributed by atoms with van der Waals surface area (Å²) in [7, 11) is 1.76. The van der Waals surface area contributed by atoms with Gasteiger partial charge in [0.05, 0.1) is 11.0 Å². The number of hydrogen-bond donors (Lipinski definition) is 1. The number of anilines is 2. The van der Waals surface area contributed by atoms with Crippen molar-refractivity contribution in [3.63, 3.8) is 0 Å². The van der Waals surface area contributed by atoms with Gasteiger partial charge in [0.25, 0.3) is 0 Å². The van der Waals surface area contributed by atoms with E-state index in [-0.39, 0.29) is 16.7 Å². The molecule has 0 spiro atoms. The summed E-state index contributed by atoms with van der Waals surface area (Å²) in [5.74, 6) is 1.08. The Morgan fingerprint density at radius 2 is 2.29 bits per heavy atom. The van der Waals surface area contributed by atoms with Crippen LogP contribution in [-0.4, -0.2) is 23.5 Å². The molecule has 1 aliphatic rings. The van der Waals surface area contributed by atoms with Gasteiger partial charge in [-0.2, -0.15) is 0 Å². The number of nitrogens with one attached hydrogen (secondary N) is 1. The fourth-order valence-corrected chi connectivity index (χ4v) is 3.70. The lowest BCUT2D eigenvalue weighted by Crippen LogP contribution is -2.34. The molecule has 21 heavy (non-hydrogen) atoms. The molecule has 110 valence electrons. The van der Waals surface area contributed by atoms with Crippen molar-refractivity contribution in [1.82, 2.24) is 4.98 Å². The van der Waals surface area contributed by atoms with E-state index in [0.717, 1.165) is 13.0 Å². The van der Waals surface area contributed by atoms with Crippen LogP contribution < -0.4 is 10.2 Å². The van der Waals surface area contributed by atoms with Crippen LogP contribution in [0.25, 0.3) is 0 Å². The predicted molar refractivity (Wildman–Crippen MR) is 84.2 cm³/mol. The van der Waals surface area contributed by atoms with E-state index in [1.165, 1.54) is 16.5 Å². The fourth-order valence-electron chi connectivity index (χ4n) is 2.73. The zero-order valence-electron chi connectivity index (χ0n) is 11.9. The van der Waals surface area contributed by atoms with E-state index in [1.54, 1.807) is 24.5 Å².